The van der Waals surface area contributed by atoms with Gasteiger partial charge in [-0.3, -0.25) is 4.79 Å². The van der Waals surface area contributed by atoms with Crippen LogP contribution in [0.15, 0.2) is 36.4 Å². The van der Waals surface area contributed by atoms with E-state index in [4.69, 9.17) is 16.3 Å². The number of hydrogen-bond donors (Lipinski definition) is 1. The molecule has 0 fully saturated rings. The molecular weight excluding hydrogens is 335 g/mol. The van der Waals surface area contributed by atoms with Gasteiger partial charge in [-0.1, -0.05) is 11.6 Å². The van der Waals surface area contributed by atoms with Crippen LogP contribution in [0.5, 0.6) is 0 Å². The van der Waals surface area contributed by atoms with Crippen molar-refractivity contribution in [1.29, 1.82) is 0 Å². The van der Waals surface area contributed by atoms with Crippen molar-refractivity contribution in [2.45, 2.75) is 0 Å². The summed E-state index contributed by atoms with van der Waals surface area (Å²) in [6, 6.07) is 7.25. The molecule has 0 atom stereocenters. The first-order valence-electron chi connectivity index (χ1n) is 6.24. The lowest BCUT2D eigenvalue weighted by molar-refractivity contribution is -0.119. The topological polar surface area (TPSA) is 55.4 Å². The van der Waals surface area contributed by atoms with Gasteiger partial charge in [0, 0.05) is 5.02 Å². The minimum Gasteiger partial charge on any atom is -0.452 e. The summed E-state index contributed by atoms with van der Waals surface area (Å²) in [5.41, 5.74) is -0.391. The standard InChI is InChI=1S/C15H9ClF3NO3/c16-9-3-1-8(2-4-9)15(22)23-7-12(21)20-11-6-5-10(17)13(18)14(11)19/h1-6H,7H2,(H,20,21). The second-order valence-electron chi connectivity index (χ2n) is 4.35. The third kappa shape index (κ3) is 4.23. The molecule has 0 aliphatic carbocycles. The summed E-state index contributed by atoms with van der Waals surface area (Å²) in [5, 5.41) is 2.40. The number of carbonyl (C=O) groups excluding carboxylic acids is 2. The van der Waals surface area contributed by atoms with Crippen molar-refractivity contribution in [2.24, 2.45) is 0 Å². The Balaban J connectivity index is 1.94. The van der Waals surface area contributed by atoms with Crippen molar-refractivity contribution < 1.29 is 27.5 Å². The summed E-state index contributed by atoms with van der Waals surface area (Å²) in [4.78, 5) is 23.2. The first-order valence-corrected chi connectivity index (χ1v) is 6.62. The molecule has 0 aliphatic heterocycles. The van der Waals surface area contributed by atoms with Gasteiger partial charge in [-0.2, -0.15) is 0 Å². The Bertz CT molecular complexity index is 750. The maximum absolute atomic E-state index is 13.4. The molecule has 8 heteroatoms. The number of ether oxygens (including phenoxy) is 1. The van der Waals surface area contributed by atoms with Gasteiger partial charge in [0.05, 0.1) is 11.3 Å². The molecule has 120 valence electrons. The van der Waals surface area contributed by atoms with E-state index in [0.717, 1.165) is 6.07 Å². The predicted molar refractivity (Wildman–Crippen MR) is 76.7 cm³/mol. The Morgan fingerprint density at radius 3 is 2.30 bits per heavy atom. The lowest BCUT2D eigenvalue weighted by Crippen LogP contribution is -2.21. The number of rotatable bonds is 4. The van der Waals surface area contributed by atoms with Gasteiger partial charge >= 0.3 is 5.97 Å². The second-order valence-corrected chi connectivity index (χ2v) is 4.79. The SMILES string of the molecule is O=C(COC(=O)c1ccc(Cl)cc1)Nc1ccc(F)c(F)c1F. The summed E-state index contributed by atoms with van der Waals surface area (Å²) in [6.45, 7) is -0.722. The van der Waals surface area contributed by atoms with Crippen molar-refractivity contribution >= 4 is 29.2 Å². The quantitative estimate of drug-likeness (QED) is 0.682. The average Bonchev–Trinajstić information content (AvgIpc) is 2.54. The van der Waals surface area contributed by atoms with Crippen LogP contribution in [0.1, 0.15) is 10.4 Å². The molecule has 4 nitrogen and oxygen atoms in total. The Morgan fingerprint density at radius 1 is 1.00 bits per heavy atom. The smallest absolute Gasteiger partial charge is 0.338 e. The van der Waals surface area contributed by atoms with Crippen LogP contribution in [0.25, 0.3) is 0 Å². The molecule has 2 aromatic rings. The molecule has 2 rings (SSSR count). The van der Waals surface area contributed by atoms with E-state index < -0.39 is 41.6 Å². The van der Waals surface area contributed by atoms with Gasteiger partial charge in [0.2, 0.25) is 0 Å². The summed E-state index contributed by atoms with van der Waals surface area (Å²) in [6.07, 6.45) is 0. The van der Waals surface area contributed by atoms with E-state index in [9.17, 15) is 22.8 Å². The van der Waals surface area contributed by atoms with Gasteiger partial charge in [0.1, 0.15) is 0 Å². The van der Waals surface area contributed by atoms with Gasteiger partial charge in [-0.25, -0.2) is 18.0 Å². The van der Waals surface area contributed by atoms with Crippen LogP contribution in [-0.4, -0.2) is 18.5 Å². The molecule has 0 aromatic heterocycles. The normalized spacial score (nSPS) is 10.3. The Morgan fingerprint density at radius 2 is 1.65 bits per heavy atom. The monoisotopic (exact) mass is 343 g/mol. The zero-order valence-electron chi connectivity index (χ0n) is 11.4. The van der Waals surface area contributed by atoms with E-state index in [0.29, 0.717) is 11.1 Å². The fraction of sp³-hybridized carbons (Fsp3) is 0.0667. The summed E-state index contributed by atoms with van der Waals surface area (Å²) in [7, 11) is 0. The van der Waals surface area contributed by atoms with Crippen LogP contribution in [0, 0.1) is 17.5 Å². The molecule has 0 spiro atoms. The fourth-order valence-corrected chi connectivity index (χ4v) is 1.74. The number of hydrogen-bond acceptors (Lipinski definition) is 3. The van der Waals surface area contributed by atoms with Crippen molar-refractivity contribution in [3.05, 3.63) is 64.4 Å². The van der Waals surface area contributed by atoms with E-state index in [-0.39, 0.29) is 5.56 Å². The summed E-state index contributed by atoms with van der Waals surface area (Å²) in [5.74, 6) is -6.32. The molecule has 0 radical (unpaired) electrons. The molecule has 23 heavy (non-hydrogen) atoms. The maximum atomic E-state index is 13.4. The number of benzene rings is 2. The van der Waals surface area contributed by atoms with E-state index >= 15 is 0 Å². The molecule has 0 saturated heterocycles. The lowest BCUT2D eigenvalue weighted by Gasteiger charge is -2.08. The van der Waals surface area contributed by atoms with E-state index in [1.54, 1.807) is 0 Å². The Labute approximate surface area is 133 Å². The van der Waals surface area contributed by atoms with Gasteiger partial charge in [0.15, 0.2) is 24.1 Å². The molecule has 1 amide bonds. The first kappa shape index (κ1) is 16.8. The van der Waals surface area contributed by atoms with Crippen LogP contribution < -0.4 is 5.32 Å². The van der Waals surface area contributed by atoms with Gasteiger partial charge < -0.3 is 10.1 Å². The number of halogens is 4. The van der Waals surface area contributed by atoms with E-state index in [1.807, 2.05) is 5.32 Å². The van der Waals surface area contributed by atoms with E-state index in [1.165, 1.54) is 24.3 Å². The molecule has 1 N–H and O–H groups in total. The number of esters is 1. The summed E-state index contributed by atoms with van der Waals surface area (Å²) < 4.78 is 43.9. The van der Waals surface area contributed by atoms with Crippen molar-refractivity contribution in [2.75, 3.05) is 11.9 Å². The second kappa shape index (κ2) is 7.15. The van der Waals surface area contributed by atoms with Crippen LogP contribution in [-0.2, 0) is 9.53 Å². The predicted octanol–water partition coefficient (Wildman–Crippen LogP) is 3.55. The lowest BCUT2D eigenvalue weighted by atomic mass is 10.2. The minimum absolute atomic E-state index is 0.168. The Hall–Kier alpha value is -2.54. The highest BCUT2D eigenvalue weighted by atomic mass is 35.5. The number of nitrogens with one attached hydrogen (secondary N) is 1. The molecule has 0 aliphatic rings. The maximum Gasteiger partial charge on any atom is 0.338 e. The number of anilines is 1. The van der Waals surface area contributed by atoms with Crippen LogP contribution in [0.4, 0.5) is 18.9 Å². The fourth-order valence-electron chi connectivity index (χ4n) is 1.61. The number of amides is 1. The molecule has 0 unspecified atom stereocenters. The van der Waals surface area contributed by atoms with Crippen LogP contribution >= 0.6 is 11.6 Å². The molecular formula is C15H9ClF3NO3. The van der Waals surface area contributed by atoms with Crippen LogP contribution in [0.3, 0.4) is 0 Å². The first-order chi connectivity index (χ1) is 10.9. The zero-order chi connectivity index (χ0) is 17.0. The van der Waals surface area contributed by atoms with Gasteiger partial charge in [-0.15, -0.1) is 0 Å². The minimum atomic E-state index is -1.71. The van der Waals surface area contributed by atoms with Crippen molar-refractivity contribution in [3.63, 3.8) is 0 Å². The largest absolute Gasteiger partial charge is 0.452 e. The molecule has 0 saturated carbocycles. The highest BCUT2D eigenvalue weighted by Gasteiger charge is 2.16. The highest BCUT2D eigenvalue weighted by molar-refractivity contribution is 6.30. The third-order valence-electron chi connectivity index (χ3n) is 2.72. The van der Waals surface area contributed by atoms with Crippen LogP contribution in [0.2, 0.25) is 5.02 Å². The van der Waals surface area contributed by atoms with Gasteiger partial charge in [0.25, 0.3) is 5.91 Å². The van der Waals surface area contributed by atoms with Crippen molar-refractivity contribution in [1.82, 2.24) is 0 Å². The number of carbonyl (C=O) groups is 2. The molecule has 0 heterocycles. The van der Waals surface area contributed by atoms with Crippen molar-refractivity contribution in [3.8, 4) is 0 Å². The molecule has 0 bridgehead atoms. The van der Waals surface area contributed by atoms with E-state index in [2.05, 4.69) is 0 Å². The summed E-state index contributed by atoms with van der Waals surface area (Å²) >= 11 is 5.66. The average molecular weight is 344 g/mol. The Kier molecular flexibility index (Phi) is 5.23. The van der Waals surface area contributed by atoms with Gasteiger partial charge in [-0.05, 0) is 36.4 Å². The third-order valence-corrected chi connectivity index (χ3v) is 2.98. The highest BCUT2D eigenvalue weighted by Crippen LogP contribution is 2.19. The molecule has 2 aromatic carbocycles. The zero-order valence-corrected chi connectivity index (χ0v) is 12.2.